The SMILES string of the molecule is Cc1cc(C=CC(F)(F)F)ccc1C(=O)Nc1ccc2ncccc2c1. The first-order valence-electron chi connectivity index (χ1n) is 7.84. The number of alkyl halides is 3. The Labute approximate surface area is 148 Å². The summed E-state index contributed by atoms with van der Waals surface area (Å²) in [6, 6.07) is 13.6. The Bertz CT molecular complexity index is 994. The fourth-order valence-electron chi connectivity index (χ4n) is 2.59. The normalized spacial score (nSPS) is 11.8. The van der Waals surface area contributed by atoms with Gasteiger partial charge in [-0.3, -0.25) is 9.78 Å². The van der Waals surface area contributed by atoms with E-state index >= 15 is 0 Å². The minimum atomic E-state index is -4.37. The van der Waals surface area contributed by atoms with Gasteiger partial charge in [-0.05, 0) is 48.4 Å². The Balaban J connectivity index is 1.79. The van der Waals surface area contributed by atoms with E-state index in [2.05, 4.69) is 10.3 Å². The number of rotatable bonds is 3. The van der Waals surface area contributed by atoms with Gasteiger partial charge in [-0.1, -0.05) is 24.3 Å². The second kappa shape index (κ2) is 7.00. The second-order valence-corrected chi connectivity index (χ2v) is 5.81. The summed E-state index contributed by atoms with van der Waals surface area (Å²) >= 11 is 0. The topological polar surface area (TPSA) is 42.0 Å². The predicted octanol–water partition coefficient (Wildman–Crippen LogP) is 5.37. The Morgan fingerprint density at radius 3 is 2.65 bits per heavy atom. The largest absolute Gasteiger partial charge is 0.409 e. The van der Waals surface area contributed by atoms with Crippen LogP contribution >= 0.6 is 0 Å². The monoisotopic (exact) mass is 356 g/mol. The van der Waals surface area contributed by atoms with Crippen molar-refractivity contribution >= 4 is 28.6 Å². The van der Waals surface area contributed by atoms with Gasteiger partial charge in [0.05, 0.1) is 5.52 Å². The minimum Gasteiger partial charge on any atom is -0.322 e. The molecule has 1 aromatic heterocycles. The molecule has 0 unspecified atom stereocenters. The lowest BCUT2D eigenvalue weighted by molar-refractivity contribution is -0.0790. The van der Waals surface area contributed by atoms with Gasteiger partial charge in [-0.15, -0.1) is 0 Å². The van der Waals surface area contributed by atoms with E-state index in [1.54, 1.807) is 25.3 Å². The average molecular weight is 356 g/mol. The molecular weight excluding hydrogens is 341 g/mol. The maximum absolute atomic E-state index is 12.5. The summed E-state index contributed by atoms with van der Waals surface area (Å²) in [5.41, 5.74) is 2.82. The van der Waals surface area contributed by atoms with Crippen molar-refractivity contribution in [3.8, 4) is 0 Å². The molecule has 132 valence electrons. The first kappa shape index (κ1) is 17.7. The van der Waals surface area contributed by atoms with Gasteiger partial charge in [0.1, 0.15) is 0 Å². The summed E-state index contributed by atoms with van der Waals surface area (Å²) in [5, 5.41) is 3.70. The van der Waals surface area contributed by atoms with Gasteiger partial charge in [-0.2, -0.15) is 13.2 Å². The molecular formula is C20H15F3N2O. The van der Waals surface area contributed by atoms with E-state index in [4.69, 9.17) is 0 Å². The number of fused-ring (bicyclic) bond motifs is 1. The van der Waals surface area contributed by atoms with Crippen LogP contribution < -0.4 is 5.32 Å². The molecule has 26 heavy (non-hydrogen) atoms. The van der Waals surface area contributed by atoms with Crippen LogP contribution in [0.1, 0.15) is 21.5 Å². The summed E-state index contributed by atoms with van der Waals surface area (Å²) in [4.78, 5) is 16.7. The highest BCUT2D eigenvalue weighted by atomic mass is 19.4. The number of allylic oxidation sites excluding steroid dienone is 1. The summed E-state index contributed by atoms with van der Waals surface area (Å²) < 4.78 is 36.7. The van der Waals surface area contributed by atoms with Gasteiger partial charge in [0, 0.05) is 28.9 Å². The number of carbonyl (C=O) groups excluding carboxylic acids is 1. The molecule has 1 N–H and O–H groups in total. The van der Waals surface area contributed by atoms with Gasteiger partial charge in [0.15, 0.2) is 0 Å². The van der Waals surface area contributed by atoms with Crippen LogP contribution in [0.3, 0.4) is 0 Å². The van der Waals surface area contributed by atoms with E-state index < -0.39 is 6.18 Å². The first-order valence-corrected chi connectivity index (χ1v) is 7.84. The van der Waals surface area contributed by atoms with E-state index in [-0.39, 0.29) is 12.0 Å². The lowest BCUT2D eigenvalue weighted by atomic mass is 10.0. The van der Waals surface area contributed by atoms with Crippen LogP contribution in [0, 0.1) is 6.92 Å². The molecule has 3 nitrogen and oxygen atoms in total. The molecule has 0 spiro atoms. The second-order valence-electron chi connectivity index (χ2n) is 5.81. The molecule has 0 saturated heterocycles. The van der Waals surface area contributed by atoms with Gasteiger partial charge in [0.25, 0.3) is 5.91 Å². The standard InChI is InChI=1S/C20H15F3N2O/c1-13-11-14(8-9-20(21,22)23)4-6-17(13)19(26)25-16-5-7-18-15(12-16)3-2-10-24-18/h2-12H,1H3,(H,25,26). The molecule has 0 fully saturated rings. The number of benzene rings is 2. The van der Waals surface area contributed by atoms with Crippen LogP contribution in [-0.4, -0.2) is 17.1 Å². The van der Waals surface area contributed by atoms with Crippen LogP contribution in [-0.2, 0) is 0 Å². The highest BCUT2D eigenvalue weighted by molar-refractivity contribution is 6.06. The Morgan fingerprint density at radius 2 is 1.92 bits per heavy atom. The molecule has 0 radical (unpaired) electrons. The van der Waals surface area contributed by atoms with Gasteiger partial charge in [0.2, 0.25) is 0 Å². The van der Waals surface area contributed by atoms with Crippen molar-refractivity contribution in [1.82, 2.24) is 4.98 Å². The Kier molecular flexibility index (Phi) is 4.75. The summed E-state index contributed by atoms with van der Waals surface area (Å²) in [5.74, 6) is -0.322. The third kappa shape index (κ3) is 4.27. The molecule has 3 rings (SSSR count). The molecule has 0 saturated carbocycles. The maximum Gasteiger partial charge on any atom is 0.409 e. The van der Waals surface area contributed by atoms with Crippen LogP contribution in [0.2, 0.25) is 0 Å². The summed E-state index contributed by atoms with van der Waals surface area (Å²) in [7, 11) is 0. The number of hydrogen-bond donors (Lipinski definition) is 1. The third-order valence-corrected chi connectivity index (χ3v) is 3.82. The van der Waals surface area contributed by atoms with Crippen molar-refractivity contribution in [2.45, 2.75) is 13.1 Å². The smallest absolute Gasteiger partial charge is 0.322 e. The quantitative estimate of drug-likeness (QED) is 0.685. The van der Waals surface area contributed by atoms with E-state index in [0.717, 1.165) is 17.0 Å². The van der Waals surface area contributed by atoms with Crippen LogP contribution in [0.15, 0.2) is 60.8 Å². The lowest BCUT2D eigenvalue weighted by Crippen LogP contribution is -2.13. The van der Waals surface area contributed by atoms with Crippen molar-refractivity contribution in [1.29, 1.82) is 0 Å². The third-order valence-electron chi connectivity index (χ3n) is 3.82. The molecule has 3 aromatic rings. The first-order chi connectivity index (χ1) is 12.3. The van der Waals surface area contributed by atoms with Crippen molar-refractivity contribution in [3.05, 3.63) is 77.5 Å². The number of carbonyl (C=O) groups is 1. The van der Waals surface area contributed by atoms with E-state index in [9.17, 15) is 18.0 Å². The minimum absolute atomic E-state index is 0.171. The average Bonchev–Trinajstić information content (AvgIpc) is 2.59. The number of halogens is 3. The summed E-state index contributed by atoms with van der Waals surface area (Å²) in [6.45, 7) is 1.68. The van der Waals surface area contributed by atoms with Crippen molar-refractivity contribution < 1.29 is 18.0 Å². The fraction of sp³-hybridized carbons (Fsp3) is 0.100. The molecule has 2 aromatic carbocycles. The number of nitrogens with zero attached hydrogens (tertiary/aromatic N) is 1. The molecule has 6 heteroatoms. The number of nitrogens with one attached hydrogen (secondary N) is 1. The zero-order valence-electron chi connectivity index (χ0n) is 13.8. The summed E-state index contributed by atoms with van der Waals surface area (Å²) in [6.07, 6.45) is -1.52. The molecule has 1 amide bonds. The van der Waals surface area contributed by atoms with Gasteiger partial charge >= 0.3 is 6.18 Å². The number of pyridine rings is 1. The van der Waals surface area contributed by atoms with Crippen molar-refractivity contribution in [2.24, 2.45) is 0 Å². The predicted molar refractivity (Wildman–Crippen MR) is 96.0 cm³/mol. The molecule has 0 atom stereocenters. The highest BCUT2D eigenvalue weighted by Gasteiger charge is 2.21. The zero-order valence-corrected chi connectivity index (χ0v) is 13.8. The molecule has 0 bridgehead atoms. The number of aromatic nitrogens is 1. The van der Waals surface area contributed by atoms with Crippen LogP contribution in [0.4, 0.5) is 18.9 Å². The van der Waals surface area contributed by atoms with Gasteiger partial charge in [-0.25, -0.2) is 0 Å². The number of anilines is 1. The number of aryl methyl sites for hydroxylation is 1. The van der Waals surface area contributed by atoms with E-state index in [1.807, 2.05) is 24.3 Å². The van der Waals surface area contributed by atoms with Gasteiger partial charge < -0.3 is 5.32 Å². The lowest BCUT2D eigenvalue weighted by Gasteiger charge is -2.09. The Morgan fingerprint density at radius 1 is 1.12 bits per heavy atom. The maximum atomic E-state index is 12.5. The molecule has 0 aliphatic rings. The number of amides is 1. The fourth-order valence-corrected chi connectivity index (χ4v) is 2.59. The van der Waals surface area contributed by atoms with Crippen molar-refractivity contribution in [2.75, 3.05) is 5.32 Å². The molecule has 1 heterocycles. The Hall–Kier alpha value is -3.15. The number of hydrogen-bond acceptors (Lipinski definition) is 2. The van der Waals surface area contributed by atoms with Crippen molar-refractivity contribution in [3.63, 3.8) is 0 Å². The van der Waals surface area contributed by atoms with E-state index in [1.165, 1.54) is 12.1 Å². The highest BCUT2D eigenvalue weighted by Crippen LogP contribution is 2.21. The van der Waals surface area contributed by atoms with E-state index in [0.29, 0.717) is 22.4 Å². The van der Waals surface area contributed by atoms with Crippen LogP contribution in [0.5, 0.6) is 0 Å². The zero-order chi connectivity index (χ0) is 18.7. The molecule has 0 aliphatic carbocycles. The van der Waals surface area contributed by atoms with Crippen LogP contribution in [0.25, 0.3) is 17.0 Å². The molecule has 0 aliphatic heterocycles.